The molecule has 6 nitrogen and oxygen atoms in total. The number of halogens is 1. The van der Waals surface area contributed by atoms with Gasteiger partial charge in [-0.15, -0.1) is 6.58 Å². The molecule has 0 aliphatic carbocycles. The van der Waals surface area contributed by atoms with Gasteiger partial charge in [0, 0.05) is 18.7 Å². The molecule has 1 N–H and O–H groups in total. The van der Waals surface area contributed by atoms with E-state index < -0.39 is 17.7 Å². The maximum atomic E-state index is 13.6. The second kappa shape index (κ2) is 10.8. The van der Waals surface area contributed by atoms with Gasteiger partial charge in [0.2, 0.25) is 5.91 Å². The Bertz CT molecular complexity index is 868. The molecule has 0 saturated heterocycles. The van der Waals surface area contributed by atoms with Gasteiger partial charge in [0.25, 0.3) is 0 Å². The van der Waals surface area contributed by atoms with Crippen molar-refractivity contribution in [3.63, 3.8) is 0 Å². The van der Waals surface area contributed by atoms with Crippen LogP contribution in [0, 0.1) is 5.82 Å². The topological polar surface area (TPSA) is 73.9 Å². The summed E-state index contributed by atoms with van der Waals surface area (Å²) in [5, 5.41) is 2.82. The molecular formula is C22H24FNO5. The second-order valence-electron chi connectivity index (χ2n) is 6.18. The summed E-state index contributed by atoms with van der Waals surface area (Å²) in [6.07, 6.45) is 1.98. The minimum absolute atomic E-state index is 0.0933. The standard InChI is InChI=1S/C22H24FNO5/c1-4-6-19(16-7-5-8-17(23)13-16)22(26)24-18-9-10-20(27-3)21(14-18)29-12-11-28-15(2)25/h4-5,7-10,13-14,19H,1,6,11-12H2,2-3H3,(H,24,26). The molecule has 2 aromatic carbocycles. The summed E-state index contributed by atoms with van der Waals surface area (Å²) in [6, 6.07) is 10.9. The first-order chi connectivity index (χ1) is 13.9. The first-order valence-electron chi connectivity index (χ1n) is 9.06. The Labute approximate surface area is 169 Å². The van der Waals surface area contributed by atoms with Crippen LogP contribution in [0.3, 0.4) is 0 Å². The number of amides is 1. The number of benzene rings is 2. The fraction of sp³-hybridized carbons (Fsp3) is 0.273. The molecule has 1 unspecified atom stereocenters. The van der Waals surface area contributed by atoms with Crippen LogP contribution in [0.5, 0.6) is 11.5 Å². The van der Waals surface area contributed by atoms with E-state index in [0.29, 0.717) is 29.2 Å². The van der Waals surface area contributed by atoms with Gasteiger partial charge in [-0.1, -0.05) is 18.2 Å². The van der Waals surface area contributed by atoms with Crippen molar-refractivity contribution < 1.29 is 28.2 Å². The molecule has 7 heteroatoms. The SMILES string of the molecule is C=CCC(C(=O)Nc1ccc(OC)c(OCCOC(C)=O)c1)c1cccc(F)c1. The first-order valence-corrected chi connectivity index (χ1v) is 9.06. The number of esters is 1. The highest BCUT2D eigenvalue weighted by Gasteiger charge is 2.20. The van der Waals surface area contributed by atoms with Crippen LogP contribution in [-0.4, -0.2) is 32.2 Å². The molecule has 0 saturated carbocycles. The van der Waals surface area contributed by atoms with Gasteiger partial charge in [-0.25, -0.2) is 4.39 Å². The number of ether oxygens (including phenoxy) is 3. The van der Waals surface area contributed by atoms with E-state index in [1.54, 1.807) is 36.4 Å². The number of allylic oxidation sites excluding steroid dienone is 1. The van der Waals surface area contributed by atoms with Gasteiger partial charge in [0.1, 0.15) is 19.0 Å². The third-order valence-corrected chi connectivity index (χ3v) is 4.05. The van der Waals surface area contributed by atoms with Gasteiger partial charge in [-0.2, -0.15) is 0 Å². The fourth-order valence-corrected chi connectivity index (χ4v) is 2.72. The monoisotopic (exact) mass is 401 g/mol. The zero-order valence-electron chi connectivity index (χ0n) is 16.4. The molecule has 0 aromatic heterocycles. The number of carbonyl (C=O) groups is 2. The van der Waals surface area contributed by atoms with E-state index in [0.717, 1.165) is 0 Å². The molecule has 1 amide bonds. The Kier molecular flexibility index (Phi) is 8.21. The van der Waals surface area contributed by atoms with Crippen molar-refractivity contribution in [2.24, 2.45) is 0 Å². The Balaban J connectivity index is 2.14. The lowest BCUT2D eigenvalue weighted by molar-refractivity contribution is -0.141. The van der Waals surface area contributed by atoms with Crippen LogP contribution in [-0.2, 0) is 14.3 Å². The predicted molar refractivity (Wildman–Crippen MR) is 108 cm³/mol. The molecule has 0 fully saturated rings. The number of hydrogen-bond donors (Lipinski definition) is 1. The quantitative estimate of drug-likeness (QED) is 0.369. The average molecular weight is 401 g/mol. The molecule has 0 radical (unpaired) electrons. The van der Waals surface area contributed by atoms with Crippen LogP contribution in [0.4, 0.5) is 10.1 Å². The second-order valence-corrected chi connectivity index (χ2v) is 6.18. The van der Waals surface area contributed by atoms with Crippen molar-refractivity contribution in [1.29, 1.82) is 0 Å². The number of hydrogen-bond acceptors (Lipinski definition) is 5. The van der Waals surface area contributed by atoms with Crippen molar-refractivity contribution >= 4 is 17.6 Å². The third kappa shape index (κ3) is 6.64. The van der Waals surface area contributed by atoms with E-state index in [4.69, 9.17) is 14.2 Å². The third-order valence-electron chi connectivity index (χ3n) is 4.05. The number of carbonyl (C=O) groups excluding carboxylic acids is 2. The van der Waals surface area contributed by atoms with Gasteiger partial charge in [-0.3, -0.25) is 9.59 Å². The van der Waals surface area contributed by atoms with E-state index in [2.05, 4.69) is 11.9 Å². The van der Waals surface area contributed by atoms with Gasteiger partial charge < -0.3 is 19.5 Å². The lowest BCUT2D eigenvalue weighted by atomic mass is 9.94. The highest BCUT2D eigenvalue weighted by atomic mass is 19.1. The molecule has 0 spiro atoms. The van der Waals surface area contributed by atoms with Crippen molar-refractivity contribution in [3.05, 3.63) is 66.5 Å². The fourth-order valence-electron chi connectivity index (χ4n) is 2.72. The highest BCUT2D eigenvalue weighted by Crippen LogP contribution is 2.31. The zero-order chi connectivity index (χ0) is 21.2. The number of anilines is 1. The minimum atomic E-state index is -0.585. The van der Waals surface area contributed by atoms with Gasteiger partial charge in [0.15, 0.2) is 11.5 Å². The number of nitrogens with one attached hydrogen (secondary N) is 1. The van der Waals surface area contributed by atoms with Crippen LogP contribution in [0.1, 0.15) is 24.8 Å². The molecule has 2 rings (SSSR count). The molecule has 0 heterocycles. The lowest BCUT2D eigenvalue weighted by Gasteiger charge is -2.17. The molecular weight excluding hydrogens is 377 g/mol. The molecule has 29 heavy (non-hydrogen) atoms. The van der Waals surface area contributed by atoms with E-state index in [1.165, 1.54) is 26.2 Å². The summed E-state index contributed by atoms with van der Waals surface area (Å²) in [4.78, 5) is 23.6. The molecule has 154 valence electrons. The first kappa shape index (κ1) is 21.9. The van der Waals surface area contributed by atoms with Crippen molar-refractivity contribution in [3.8, 4) is 11.5 Å². The van der Waals surface area contributed by atoms with Crippen molar-refractivity contribution in [2.75, 3.05) is 25.6 Å². The minimum Gasteiger partial charge on any atom is -0.493 e. The average Bonchev–Trinajstić information content (AvgIpc) is 2.69. The smallest absolute Gasteiger partial charge is 0.302 e. The maximum absolute atomic E-state index is 13.6. The Morgan fingerprint density at radius 3 is 2.62 bits per heavy atom. The van der Waals surface area contributed by atoms with E-state index in [9.17, 15) is 14.0 Å². The summed E-state index contributed by atoms with van der Waals surface area (Å²) < 4.78 is 29.2. The van der Waals surface area contributed by atoms with Crippen LogP contribution in [0.25, 0.3) is 0 Å². The highest BCUT2D eigenvalue weighted by molar-refractivity contribution is 5.96. The van der Waals surface area contributed by atoms with Crippen LogP contribution in [0.2, 0.25) is 0 Å². The van der Waals surface area contributed by atoms with Crippen molar-refractivity contribution in [2.45, 2.75) is 19.3 Å². The summed E-state index contributed by atoms with van der Waals surface area (Å²) in [6.45, 7) is 5.23. The van der Waals surface area contributed by atoms with Gasteiger partial charge in [-0.05, 0) is 36.2 Å². The summed E-state index contributed by atoms with van der Waals surface area (Å²) in [5.41, 5.74) is 1.05. The molecule has 0 bridgehead atoms. The van der Waals surface area contributed by atoms with Crippen LogP contribution >= 0.6 is 0 Å². The van der Waals surface area contributed by atoms with E-state index in [-0.39, 0.29) is 19.1 Å². The Morgan fingerprint density at radius 1 is 1.17 bits per heavy atom. The van der Waals surface area contributed by atoms with Crippen LogP contribution < -0.4 is 14.8 Å². The zero-order valence-corrected chi connectivity index (χ0v) is 16.4. The summed E-state index contributed by atoms with van der Waals surface area (Å²) >= 11 is 0. The predicted octanol–water partition coefficient (Wildman–Crippen LogP) is 4.07. The number of rotatable bonds is 10. The number of methoxy groups -OCH3 is 1. The molecule has 0 aliphatic rings. The van der Waals surface area contributed by atoms with Crippen molar-refractivity contribution in [1.82, 2.24) is 0 Å². The summed E-state index contributed by atoms with van der Waals surface area (Å²) in [7, 11) is 1.50. The molecule has 2 aromatic rings. The normalized spacial score (nSPS) is 11.3. The van der Waals surface area contributed by atoms with E-state index in [1.807, 2.05) is 0 Å². The lowest BCUT2D eigenvalue weighted by Crippen LogP contribution is -2.21. The largest absolute Gasteiger partial charge is 0.493 e. The van der Waals surface area contributed by atoms with E-state index >= 15 is 0 Å². The van der Waals surface area contributed by atoms with Crippen LogP contribution in [0.15, 0.2) is 55.1 Å². The van der Waals surface area contributed by atoms with Gasteiger partial charge in [0.05, 0.1) is 13.0 Å². The Hall–Kier alpha value is -3.35. The summed E-state index contributed by atoms with van der Waals surface area (Å²) in [5.74, 6) is -0.822. The van der Waals surface area contributed by atoms with Gasteiger partial charge >= 0.3 is 5.97 Å². The molecule has 1 atom stereocenters. The maximum Gasteiger partial charge on any atom is 0.302 e. The molecule has 0 aliphatic heterocycles. The Morgan fingerprint density at radius 2 is 1.97 bits per heavy atom.